The van der Waals surface area contributed by atoms with Crippen LogP contribution in [0.4, 0.5) is 8.78 Å². The number of halogens is 2. The fraction of sp³-hybridized carbons (Fsp3) is 0.111. The Morgan fingerprint density at radius 3 is 2.60 bits per heavy atom. The van der Waals surface area contributed by atoms with Crippen molar-refractivity contribution in [2.75, 3.05) is 0 Å². The number of carbonyl (C=O) groups excluding carboxylic acids is 2. The summed E-state index contributed by atoms with van der Waals surface area (Å²) in [5, 5.41) is 10.8. The van der Waals surface area contributed by atoms with Crippen LogP contribution in [0.1, 0.15) is 10.4 Å². The Labute approximate surface area is 83.5 Å². The van der Waals surface area contributed by atoms with Crippen LogP contribution in [0.3, 0.4) is 0 Å². The van der Waals surface area contributed by atoms with E-state index in [1.807, 2.05) is 0 Å². The predicted octanol–water partition coefficient (Wildman–Crippen LogP) is 0.212. The third kappa shape index (κ3) is 2.57. The average molecular weight is 215 g/mol. The molecule has 0 aliphatic heterocycles. The Balaban J connectivity index is 2.91. The normalized spacial score (nSPS) is 11.9. The number of amides is 1. The van der Waals surface area contributed by atoms with Gasteiger partial charge in [0.05, 0.1) is 0 Å². The summed E-state index contributed by atoms with van der Waals surface area (Å²) in [7, 11) is 0. The SMILES string of the molecule is O=CNC(O)C(=O)c1ccc(F)c(F)c1. The van der Waals surface area contributed by atoms with Gasteiger partial charge in [0, 0.05) is 5.56 Å². The van der Waals surface area contributed by atoms with Crippen LogP contribution in [-0.4, -0.2) is 23.5 Å². The minimum Gasteiger partial charge on any atom is -0.367 e. The number of hydrogen-bond acceptors (Lipinski definition) is 3. The molecule has 0 aromatic heterocycles. The molecule has 0 saturated heterocycles. The zero-order chi connectivity index (χ0) is 11.4. The van der Waals surface area contributed by atoms with Crippen molar-refractivity contribution in [3.05, 3.63) is 35.4 Å². The maximum absolute atomic E-state index is 12.7. The van der Waals surface area contributed by atoms with Crippen molar-refractivity contribution < 1.29 is 23.5 Å². The monoisotopic (exact) mass is 215 g/mol. The molecule has 15 heavy (non-hydrogen) atoms. The Morgan fingerprint density at radius 1 is 1.40 bits per heavy atom. The lowest BCUT2D eigenvalue weighted by atomic mass is 10.1. The summed E-state index contributed by atoms with van der Waals surface area (Å²) in [6, 6.07) is 2.42. The van der Waals surface area contributed by atoms with Crippen molar-refractivity contribution in [1.82, 2.24) is 5.32 Å². The summed E-state index contributed by atoms with van der Waals surface area (Å²) >= 11 is 0. The van der Waals surface area contributed by atoms with Crippen molar-refractivity contribution in [1.29, 1.82) is 0 Å². The lowest BCUT2D eigenvalue weighted by Crippen LogP contribution is -2.35. The van der Waals surface area contributed by atoms with E-state index in [-0.39, 0.29) is 12.0 Å². The van der Waals surface area contributed by atoms with Crippen LogP contribution < -0.4 is 5.32 Å². The number of hydrogen-bond donors (Lipinski definition) is 2. The van der Waals surface area contributed by atoms with Crippen molar-refractivity contribution in [2.45, 2.75) is 6.23 Å². The number of aliphatic hydroxyl groups is 1. The van der Waals surface area contributed by atoms with Crippen molar-refractivity contribution in [3.63, 3.8) is 0 Å². The van der Waals surface area contributed by atoms with Crippen LogP contribution in [-0.2, 0) is 4.79 Å². The first-order chi connectivity index (χ1) is 7.06. The molecule has 1 aromatic carbocycles. The van der Waals surface area contributed by atoms with Gasteiger partial charge in [-0.3, -0.25) is 9.59 Å². The highest BCUT2D eigenvalue weighted by Crippen LogP contribution is 2.10. The van der Waals surface area contributed by atoms with E-state index < -0.39 is 23.6 Å². The fourth-order valence-corrected chi connectivity index (χ4v) is 0.947. The topological polar surface area (TPSA) is 66.4 Å². The van der Waals surface area contributed by atoms with Gasteiger partial charge in [-0.2, -0.15) is 0 Å². The van der Waals surface area contributed by atoms with E-state index in [2.05, 4.69) is 0 Å². The van der Waals surface area contributed by atoms with E-state index in [9.17, 15) is 18.4 Å². The molecule has 1 amide bonds. The number of rotatable bonds is 4. The molecule has 0 aliphatic rings. The van der Waals surface area contributed by atoms with E-state index in [1.165, 1.54) is 0 Å². The second kappa shape index (κ2) is 4.61. The molecule has 80 valence electrons. The Hall–Kier alpha value is -1.82. The minimum atomic E-state index is -1.76. The summed E-state index contributed by atoms with van der Waals surface area (Å²) < 4.78 is 25.2. The van der Waals surface area contributed by atoms with E-state index in [1.54, 1.807) is 5.32 Å². The third-order valence-electron chi connectivity index (χ3n) is 1.68. The summed E-state index contributed by atoms with van der Waals surface area (Å²) in [4.78, 5) is 21.2. The number of benzene rings is 1. The molecular formula is C9H7F2NO3. The molecule has 0 heterocycles. The third-order valence-corrected chi connectivity index (χ3v) is 1.68. The van der Waals surface area contributed by atoms with Gasteiger partial charge >= 0.3 is 0 Å². The summed E-state index contributed by atoms with van der Waals surface area (Å²) in [5.41, 5.74) is -0.226. The zero-order valence-corrected chi connectivity index (χ0v) is 7.41. The summed E-state index contributed by atoms with van der Waals surface area (Å²) in [5.74, 6) is -3.20. The molecule has 0 bridgehead atoms. The first-order valence-corrected chi connectivity index (χ1v) is 3.93. The molecule has 6 heteroatoms. The average Bonchev–Trinajstić information content (AvgIpc) is 2.21. The molecule has 4 nitrogen and oxygen atoms in total. The Morgan fingerprint density at radius 2 is 2.07 bits per heavy atom. The quantitative estimate of drug-likeness (QED) is 0.428. The number of Topliss-reactive ketones (excluding diaryl/α,β-unsaturated/α-hetero) is 1. The highest BCUT2D eigenvalue weighted by Gasteiger charge is 2.17. The van der Waals surface area contributed by atoms with E-state index in [4.69, 9.17) is 5.11 Å². The molecule has 0 fully saturated rings. The molecule has 0 aliphatic carbocycles. The van der Waals surface area contributed by atoms with Gasteiger partial charge in [0.1, 0.15) is 0 Å². The maximum Gasteiger partial charge on any atom is 0.211 e. The van der Waals surface area contributed by atoms with Gasteiger partial charge in [-0.05, 0) is 18.2 Å². The van der Waals surface area contributed by atoms with Gasteiger partial charge in [-0.15, -0.1) is 0 Å². The van der Waals surface area contributed by atoms with Gasteiger partial charge in [0.2, 0.25) is 12.2 Å². The molecule has 1 aromatic rings. The smallest absolute Gasteiger partial charge is 0.211 e. The maximum atomic E-state index is 12.7. The molecule has 0 saturated carbocycles. The van der Waals surface area contributed by atoms with Gasteiger partial charge in [-0.1, -0.05) is 0 Å². The van der Waals surface area contributed by atoms with Crippen LogP contribution in [0.2, 0.25) is 0 Å². The Bertz CT molecular complexity index is 395. The van der Waals surface area contributed by atoms with Crippen LogP contribution in [0.25, 0.3) is 0 Å². The van der Waals surface area contributed by atoms with E-state index >= 15 is 0 Å². The van der Waals surface area contributed by atoms with Gasteiger partial charge in [0.15, 0.2) is 17.9 Å². The Kier molecular flexibility index (Phi) is 3.46. The van der Waals surface area contributed by atoms with Gasteiger partial charge in [-0.25, -0.2) is 8.78 Å². The summed E-state index contributed by atoms with van der Waals surface area (Å²) in [6.07, 6.45) is -1.63. The molecule has 0 spiro atoms. The molecule has 0 radical (unpaired) electrons. The highest BCUT2D eigenvalue weighted by molar-refractivity contribution is 5.99. The first-order valence-electron chi connectivity index (χ1n) is 3.93. The van der Waals surface area contributed by atoms with Gasteiger partial charge < -0.3 is 10.4 Å². The van der Waals surface area contributed by atoms with Crippen molar-refractivity contribution >= 4 is 12.2 Å². The standard InChI is InChI=1S/C9H7F2NO3/c10-6-2-1-5(3-7(6)11)8(14)9(15)12-4-13/h1-4,9,15H,(H,12,13). The largest absolute Gasteiger partial charge is 0.367 e. The highest BCUT2D eigenvalue weighted by atomic mass is 19.2. The van der Waals surface area contributed by atoms with E-state index in [0.717, 1.165) is 12.1 Å². The summed E-state index contributed by atoms with van der Waals surface area (Å²) in [6.45, 7) is 0. The second-order valence-corrected chi connectivity index (χ2v) is 2.68. The first kappa shape index (κ1) is 11.3. The van der Waals surface area contributed by atoms with Crippen LogP contribution in [0.15, 0.2) is 18.2 Å². The number of carbonyl (C=O) groups is 2. The van der Waals surface area contributed by atoms with Crippen LogP contribution in [0, 0.1) is 11.6 Å². The number of aliphatic hydroxyl groups excluding tert-OH is 1. The fourth-order valence-electron chi connectivity index (χ4n) is 0.947. The molecule has 1 unspecified atom stereocenters. The predicted molar refractivity (Wildman–Crippen MR) is 45.9 cm³/mol. The van der Waals surface area contributed by atoms with Crippen molar-refractivity contribution in [2.24, 2.45) is 0 Å². The molecule has 1 atom stereocenters. The minimum absolute atomic E-state index is 0.127. The van der Waals surface area contributed by atoms with Crippen LogP contribution >= 0.6 is 0 Å². The van der Waals surface area contributed by atoms with Crippen LogP contribution in [0.5, 0.6) is 0 Å². The number of nitrogens with one attached hydrogen (secondary N) is 1. The van der Waals surface area contributed by atoms with Crippen molar-refractivity contribution in [3.8, 4) is 0 Å². The lowest BCUT2D eigenvalue weighted by molar-refractivity contribution is -0.111. The second-order valence-electron chi connectivity index (χ2n) is 2.68. The molecule has 2 N–H and O–H groups in total. The molecule has 1 rings (SSSR count). The lowest BCUT2D eigenvalue weighted by Gasteiger charge is -2.07. The number of ketones is 1. The van der Waals surface area contributed by atoms with E-state index in [0.29, 0.717) is 6.07 Å². The molecular weight excluding hydrogens is 208 g/mol. The zero-order valence-electron chi connectivity index (χ0n) is 7.41. The van der Waals surface area contributed by atoms with Gasteiger partial charge in [0.25, 0.3) is 0 Å².